The number of pyridine rings is 1. The topological polar surface area (TPSA) is 12.9 Å². The van der Waals surface area contributed by atoms with Gasteiger partial charge in [-0.3, -0.25) is 4.98 Å². The normalized spacial score (nSPS) is 12.6. The van der Waals surface area contributed by atoms with E-state index >= 15 is 0 Å². The Balaban J connectivity index is 2.45. The molecule has 0 saturated heterocycles. The molecule has 0 aliphatic rings. The summed E-state index contributed by atoms with van der Waals surface area (Å²) in [5.74, 6) is 0. The lowest BCUT2D eigenvalue weighted by atomic mass is 9.86. The molecule has 0 N–H and O–H groups in total. The van der Waals surface area contributed by atoms with Crippen LogP contribution in [0.4, 0.5) is 0 Å². The van der Waals surface area contributed by atoms with Crippen molar-refractivity contribution < 1.29 is 0 Å². The number of hydrogen-bond donors (Lipinski definition) is 0. The molecule has 1 aromatic heterocycles. The van der Waals surface area contributed by atoms with E-state index in [1.54, 1.807) is 0 Å². The number of hydrogen-bond acceptors (Lipinski definition) is 1. The number of aryl methyl sites for hydroxylation is 1. The van der Waals surface area contributed by atoms with Gasteiger partial charge in [0.05, 0.1) is 5.69 Å². The standard InChI is InChI=1S/C27H35N/c1-9-11-12-24-19(3)13-14-25(23(24)10-2)20(4)17-21(5)26-18-22(15-16-28-26)27(6,7)8/h11-18H,4,9-10H2,1-3,5-8H3/b12-11-,21-17+. The molecule has 0 unspecified atom stereocenters. The van der Waals surface area contributed by atoms with Gasteiger partial charge in [-0.15, -0.1) is 0 Å². The van der Waals surface area contributed by atoms with Gasteiger partial charge in [-0.25, -0.2) is 0 Å². The first-order chi connectivity index (χ1) is 13.2. The average molecular weight is 374 g/mol. The number of nitrogens with zero attached hydrogens (tertiary/aromatic N) is 1. The fourth-order valence-corrected chi connectivity index (χ4v) is 3.46. The zero-order valence-electron chi connectivity index (χ0n) is 18.7. The van der Waals surface area contributed by atoms with E-state index < -0.39 is 0 Å². The quantitative estimate of drug-likeness (QED) is 0.471. The van der Waals surface area contributed by atoms with Crippen LogP contribution in [0.1, 0.15) is 81.5 Å². The van der Waals surface area contributed by atoms with Crippen molar-refractivity contribution in [3.05, 3.63) is 82.7 Å². The largest absolute Gasteiger partial charge is 0.257 e. The summed E-state index contributed by atoms with van der Waals surface area (Å²) in [6.45, 7) is 19.8. The maximum Gasteiger partial charge on any atom is 0.0661 e. The van der Waals surface area contributed by atoms with E-state index in [4.69, 9.17) is 0 Å². The molecular formula is C27H35N. The van der Waals surface area contributed by atoms with E-state index in [0.717, 1.165) is 29.7 Å². The Kier molecular flexibility index (Phi) is 7.18. The Hall–Kier alpha value is -2.41. The summed E-state index contributed by atoms with van der Waals surface area (Å²) < 4.78 is 0. The van der Waals surface area contributed by atoms with Crippen LogP contribution < -0.4 is 0 Å². The Morgan fingerprint density at radius 3 is 2.46 bits per heavy atom. The average Bonchev–Trinajstić information content (AvgIpc) is 2.65. The van der Waals surface area contributed by atoms with Gasteiger partial charge in [0.25, 0.3) is 0 Å². The second-order valence-electron chi connectivity index (χ2n) is 8.52. The third-order valence-electron chi connectivity index (χ3n) is 5.22. The van der Waals surface area contributed by atoms with Gasteiger partial charge < -0.3 is 0 Å². The molecule has 0 atom stereocenters. The number of benzene rings is 1. The molecule has 0 aliphatic heterocycles. The Morgan fingerprint density at radius 2 is 1.86 bits per heavy atom. The highest BCUT2D eigenvalue weighted by Crippen LogP contribution is 2.30. The van der Waals surface area contributed by atoms with Crippen LogP contribution >= 0.6 is 0 Å². The molecule has 1 heteroatoms. The molecular weight excluding hydrogens is 338 g/mol. The van der Waals surface area contributed by atoms with Gasteiger partial charge >= 0.3 is 0 Å². The Morgan fingerprint density at radius 1 is 1.14 bits per heavy atom. The van der Waals surface area contributed by atoms with Gasteiger partial charge in [0.15, 0.2) is 0 Å². The second kappa shape index (κ2) is 9.19. The maximum atomic E-state index is 4.59. The predicted molar refractivity (Wildman–Crippen MR) is 126 cm³/mol. The maximum absolute atomic E-state index is 4.59. The molecule has 0 bridgehead atoms. The number of allylic oxidation sites excluding steroid dienone is 4. The van der Waals surface area contributed by atoms with Gasteiger partial charge in [0.2, 0.25) is 0 Å². The zero-order chi connectivity index (χ0) is 20.9. The third kappa shape index (κ3) is 5.10. The summed E-state index contributed by atoms with van der Waals surface area (Å²) >= 11 is 0. The molecule has 1 aromatic carbocycles. The van der Waals surface area contributed by atoms with Crippen molar-refractivity contribution in [1.82, 2.24) is 4.98 Å². The summed E-state index contributed by atoms with van der Waals surface area (Å²) in [4.78, 5) is 4.59. The van der Waals surface area contributed by atoms with Crippen LogP contribution in [-0.2, 0) is 11.8 Å². The molecule has 148 valence electrons. The zero-order valence-corrected chi connectivity index (χ0v) is 18.7. The van der Waals surface area contributed by atoms with Crippen LogP contribution in [0.15, 0.2) is 49.2 Å². The summed E-state index contributed by atoms with van der Waals surface area (Å²) in [5.41, 5.74) is 9.87. The molecule has 1 nitrogen and oxygen atoms in total. The van der Waals surface area contributed by atoms with Crippen molar-refractivity contribution in [3.8, 4) is 0 Å². The molecule has 0 amide bonds. The minimum Gasteiger partial charge on any atom is -0.257 e. The minimum absolute atomic E-state index is 0.113. The molecule has 0 radical (unpaired) electrons. The van der Waals surface area contributed by atoms with E-state index in [-0.39, 0.29) is 5.41 Å². The van der Waals surface area contributed by atoms with Crippen LogP contribution in [0.5, 0.6) is 0 Å². The molecule has 2 aromatic rings. The fraction of sp³-hybridized carbons (Fsp3) is 0.370. The molecule has 0 fully saturated rings. The molecule has 28 heavy (non-hydrogen) atoms. The molecule has 1 heterocycles. The van der Waals surface area contributed by atoms with Crippen molar-refractivity contribution in [1.29, 1.82) is 0 Å². The van der Waals surface area contributed by atoms with Gasteiger partial charge in [-0.1, -0.05) is 65.5 Å². The van der Waals surface area contributed by atoms with Crippen molar-refractivity contribution in [2.75, 3.05) is 0 Å². The summed E-state index contributed by atoms with van der Waals surface area (Å²) in [6, 6.07) is 8.72. The monoisotopic (exact) mass is 373 g/mol. The minimum atomic E-state index is 0.113. The smallest absolute Gasteiger partial charge is 0.0661 e. The fourth-order valence-electron chi connectivity index (χ4n) is 3.46. The highest BCUT2D eigenvalue weighted by Gasteiger charge is 2.15. The van der Waals surface area contributed by atoms with E-state index in [2.05, 4.69) is 103 Å². The van der Waals surface area contributed by atoms with Crippen molar-refractivity contribution >= 4 is 17.2 Å². The Labute approximate surface area is 171 Å². The summed E-state index contributed by atoms with van der Waals surface area (Å²) in [5, 5.41) is 0. The molecule has 0 saturated carbocycles. The van der Waals surface area contributed by atoms with E-state index in [1.807, 2.05) is 6.20 Å². The van der Waals surface area contributed by atoms with Crippen LogP contribution in [0.2, 0.25) is 0 Å². The van der Waals surface area contributed by atoms with Crippen molar-refractivity contribution in [2.24, 2.45) is 0 Å². The lowest BCUT2D eigenvalue weighted by molar-refractivity contribution is 0.589. The molecule has 0 aliphatic carbocycles. The first-order valence-corrected chi connectivity index (χ1v) is 10.3. The van der Waals surface area contributed by atoms with E-state index in [0.29, 0.717) is 0 Å². The van der Waals surface area contributed by atoms with Crippen LogP contribution in [-0.4, -0.2) is 4.98 Å². The first-order valence-electron chi connectivity index (χ1n) is 10.3. The van der Waals surface area contributed by atoms with Crippen LogP contribution in [0, 0.1) is 6.92 Å². The lowest BCUT2D eigenvalue weighted by Crippen LogP contribution is -2.11. The summed E-state index contributed by atoms with van der Waals surface area (Å²) in [7, 11) is 0. The van der Waals surface area contributed by atoms with Gasteiger partial charge in [0, 0.05) is 6.20 Å². The second-order valence-corrected chi connectivity index (χ2v) is 8.52. The number of aromatic nitrogens is 1. The Bertz CT molecular complexity index is 904. The highest BCUT2D eigenvalue weighted by atomic mass is 14.7. The predicted octanol–water partition coefficient (Wildman–Crippen LogP) is 7.79. The first kappa shape index (κ1) is 21.9. The molecule has 0 spiro atoms. The SMILES string of the molecule is C=C(/C=C(\C)c1cc(C(C)(C)C)ccn1)c1ccc(C)c(/C=C\CC)c1CC. The van der Waals surface area contributed by atoms with E-state index in [9.17, 15) is 0 Å². The lowest BCUT2D eigenvalue weighted by Gasteiger charge is -2.19. The number of rotatable bonds is 6. The molecule has 2 rings (SSSR count). The van der Waals surface area contributed by atoms with Gasteiger partial charge in [0.1, 0.15) is 0 Å². The van der Waals surface area contributed by atoms with Gasteiger partial charge in [-0.2, -0.15) is 0 Å². The van der Waals surface area contributed by atoms with Crippen molar-refractivity contribution in [2.45, 2.75) is 66.7 Å². The summed E-state index contributed by atoms with van der Waals surface area (Å²) in [6.07, 6.45) is 10.6. The highest BCUT2D eigenvalue weighted by molar-refractivity contribution is 5.84. The van der Waals surface area contributed by atoms with Crippen LogP contribution in [0.25, 0.3) is 17.2 Å². The van der Waals surface area contributed by atoms with Crippen LogP contribution in [0.3, 0.4) is 0 Å². The third-order valence-corrected chi connectivity index (χ3v) is 5.22. The van der Waals surface area contributed by atoms with Crippen molar-refractivity contribution in [3.63, 3.8) is 0 Å². The van der Waals surface area contributed by atoms with Gasteiger partial charge in [-0.05, 0) is 89.3 Å². The van der Waals surface area contributed by atoms with E-state index in [1.165, 1.54) is 27.8 Å².